The topological polar surface area (TPSA) is 18.8 Å². The summed E-state index contributed by atoms with van der Waals surface area (Å²) in [5, 5.41) is 6.21. The summed E-state index contributed by atoms with van der Waals surface area (Å²) >= 11 is 0. The molecule has 0 fully saturated rings. The van der Waals surface area contributed by atoms with Crippen molar-refractivity contribution in [2.75, 3.05) is 13.7 Å². The Morgan fingerprint density at radius 3 is 3.09 bits per heavy atom. The van der Waals surface area contributed by atoms with Crippen LogP contribution in [0, 0.1) is 0 Å². The molecule has 11 heavy (non-hydrogen) atoms. The lowest BCUT2D eigenvalue weighted by molar-refractivity contribution is 0.316. The predicted octanol–water partition coefficient (Wildman–Crippen LogP) is 0.978. The van der Waals surface area contributed by atoms with E-state index in [1.165, 1.54) is 5.57 Å². The molecule has 2 aliphatic heterocycles. The monoisotopic (exact) mass is 149 g/mol. The lowest BCUT2D eigenvalue weighted by Crippen LogP contribution is -2.25. The zero-order chi connectivity index (χ0) is 7.84. The average Bonchev–Trinajstić information content (AvgIpc) is 2.27. The van der Waals surface area contributed by atoms with Crippen molar-refractivity contribution in [1.29, 1.82) is 0 Å². The maximum absolute atomic E-state index is 4.29. The van der Waals surface area contributed by atoms with Crippen molar-refractivity contribution < 1.29 is 0 Å². The van der Waals surface area contributed by atoms with E-state index in [0.29, 0.717) is 0 Å². The highest BCUT2D eigenvalue weighted by molar-refractivity contribution is 5.95. The molecular weight excluding hydrogens is 138 g/mol. The fourth-order valence-corrected chi connectivity index (χ4v) is 1.29. The molecule has 0 aliphatic carbocycles. The van der Waals surface area contributed by atoms with Gasteiger partial charge >= 0.3 is 0 Å². The van der Waals surface area contributed by atoms with E-state index in [1.807, 2.05) is 18.1 Å². The van der Waals surface area contributed by atoms with E-state index in [-0.39, 0.29) is 0 Å². The van der Waals surface area contributed by atoms with Crippen LogP contribution in [0.3, 0.4) is 0 Å². The van der Waals surface area contributed by atoms with Gasteiger partial charge in [-0.2, -0.15) is 5.10 Å². The van der Waals surface area contributed by atoms with Gasteiger partial charge in [0, 0.05) is 13.2 Å². The normalized spacial score (nSPS) is 21.6. The van der Waals surface area contributed by atoms with Crippen LogP contribution in [-0.4, -0.2) is 29.5 Å². The highest BCUT2D eigenvalue weighted by Crippen LogP contribution is 2.14. The molecule has 0 unspecified atom stereocenters. The standard InChI is InChI=1S/C8H11N3/c1-7-3-4-8-9-10(2)6-11(8)5-7/h3-5H,6H2,1-2H3. The van der Waals surface area contributed by atoms with Gasteiger partial charge in [-0.3, -0.25) is 5.01 Å². The minimum atomic E-state index is 0.872. The molecule has 0 amide bonds. The van der Waals surface area contributed by atoms with Crippen LogP contribution >= 0.6 is 0 Å². The Balaban J connectivity index is 2.29. The van der Waals surface area contributed by atoms with Gasteiger partial charge < -0.3 is 4.90 Å². The van der Waals surface area contributed by atoms with E-state index in [1.54, 1.807) is 0 Å². The highest BCUT2D eigenvalue weighted by Gasteiger charge is 2.18. The van der Waals surface area contributed by atoms with E-state index in [9.17, 15) is 0 Å². The molecule has 0 aromatic rings. The van der Waals surface area contributed by atoms with Crippen molar-refractivity contribution in [2.24, 2.45) is 5.10 Å². The SMILES string of the molecule is CC1=CN2CN(C)N=C2C=C1. The molecule has 58 valence electrons. The Hall–Kier alpha value is -1.25. The second-order valence-electron chi connectivity index (χ2n) is 2.93. The molecule has 0 spiro atoms. The van der Waals surface area contributed by atoms with Gasteiger partial charge in [0.2, 0.25) is 0 Å². The lowest BCUT2D eigenvalue weighted by atomic mass is 10.2. The maximum atomic E-state index is 4.29. The van der Waals surface area contributed by atoms with Crippen LogP contribution < -0.4 is 0 Å². The first-order valence-corrected chi connectivity index (χ1v) is 3.68. The quantitative estimate of drug-likeness (QED) is 0.511. The highest BCUT2D eigenvalue weighted by atomic mass is 15.6. The third kappa shape index (κ3) is 1.02. The Morgan fingerprint density at radius 2 is 2.27 bits per heavy atom. The molecule has 0 N–H and O–H groups in total. The molecule has 0 saturated heterocycles. The van der Waals surface area contributed by atoms with Crippen LogP contribution in [0.1, 0.15) is 6.92 Å². The minimum Gasteiger partial charge on any atom is -0.312 e. The molecule has 3 nitrogen and oxygen atoms in total. The third-order valence-electron chi connectivity index (χ3n) is 1.78. The van der Waals surface area contributed by atoms with Crippen LogP contribution in [0.15, 0.2) is 29.0 Å². The summed E-state index contributed by atoms with van der Waals surface area (Å²) in [6.07, 6.45) is 6.23. The van der Waals surface area contributed by atoms with Gasteiger partial charge in [0.25, 0.3) is 0 Å². The minimum absolute atomic E-state index is 0.872. The lowest BCUT2D eigenvalue weighted by Gasteiger charge is -2.16. The summed E-state index contributed by atoms with van der Waals surface area (Å²) in [5.41, 5.74) is 1.28. The molecule has 2 aliphatic rings. The van der Waals surface area contributed by atoms with E-state index in [0.717, 1.165) is 12.5 Å². The van der Waals surface area contributed by atoms with Crippen LogP contribution in [-0.2, 0) is 0 Å². The van der Waals surface area contributed by atoms with E-state index >= 15 is 0 Å². The van der Waals surface area contributed by atoms with Gasteiger partial charge in [-0.1, -0.05) is 6.08 Å². The Labute approximate surface area is 66.3 Å². The Kier molecular flexibility index (Phi) is 1.24. The number of amidine groups is 1. The summed E-state index contributed by atoms with van der Waals surface area (Å²) in [4.78, 5) is 2.13. The van der Waals surface area contributed by atoms with Gasteiger partial charge in [-0.15, -0.1) is 0 Å². The van der Waals surface area contributed by atoms with Crippen molar-refractivity contribution in [3.05, 3.63) is 23.9 Å². The molecule has 0 saturated carbocycles. The van der Waals surface area contributed by atoms with Gasteiger partial charge in [0.1, 0.15) is 6.67 Å². The van der Waals surface area contributed by atoms with E-state index < -0.39 is 0 Å². The molecule has 0 aromatic heterocycles. The van der Waals surface area contributed by atoms with E-state index in [4.69, 9.17) is 0 Å². The molecule has 0 radical (unpaired) electrons. The smallest absolute Gasteiger partial charge is 0.154 e. The van der Waals surface area contributed by atoms with E-state index in [2.05, 4.69) is 29.2 Å². The van der Waals surface area contributed by atoms with Crippen LogP contribution in [0.5, 0.6) is 0 Å². The van der Waals surface area contributed by atoms with Gasteiger partial charge in [0.05, 0.1) is 0 Å². The summed E-state index contributed by atoms with van der Waals surface area (Å²) in [6.45, 7) is 2.96. The van der Waals surface area contributed by atoms with Crippen molar-refractivity contribution >= 4 is 5.84 Å². The number of nitrogens with zero attached hydrogens (tertiary/aromatic N) is 3. The fraction of sp³-hybridized carbons (Fsp3) is 0.375. The Morgan fingerprint density at radius 1 is 1.45 bits per heavy atom. The zero-order valence-electron chi connectivity index (χ0n) is 6.78. The fourth-order valence-electron chi connectivity index (χ4n) is 1.29. The van der Waals surface area contributed by atoms with Gasteiger partial charge in [-0.25, -0.2) is 0 Å². The third-order valence-corrected chi connectivity index (χ3v) is 1.78. The van der Waals surface area contributed by atoms with Crippen molar-refractivity contribution in [2.45, 2.75) is 6.92 Å². The molecule has 2 rings (SSSR count). The molecular formula is C8H11N3. The van der Waals surface area contributed by atoms with Crippen molar-refractivity contribution in [3.63, 3.8) is 0 Å². The molecule has 0 aromatic carbocycles. The average molecular weight is 149 g/mol. The van der Waals surface area contributed by atoms with Crippen molar-refractivity contribution in [1.82, 2.24) is 9.91 Å². The number of hydrogen-bond donors (Lipinski definition) is 0. The first-order valence-electron chi connectivity index (χ1n) is 3.68. The summed E-state index contributed by atoms with van der Waals surface area (Å²) in [6, 6.07) is 0. The largest absolute Gasteiger partial charge is 0.312 e. The summed E-state index contributed by atoms with van der Waals surface area (Å²) < 4.78 is 0. The second-order valence-corrected chi connectivity index (χ2v) is 2.93. The van der Waals surface area contributed by atoms with Gasteiger partial charge in [-0.05, 0) is 18.6 Å². The zero-order valence-corrected chi connectivity index (χ0v) is 6.78. The predicted molar refractivity (Wildman–Crippen MR) is 44.8 cm³/mol. The molecule has 3 heteroatoms. The summed E-state index contributed by atoms with van der Waals surface area (Å²) in [7, 11) is 1.97. The molecule has 0 bridgehead atoms. The first-order chi connectivity index (χ1) is 5.25. The van der Waals surface area contributed by atoms with Crippen LogP contribution in [0.25, 0.3) is 0 Å². The second kappa shape index (κ2) is 2.12. The number of hydrazone groups is 1. The number of hydrogen-bond acceptors (Lipinski definition) is 3. The number of rotatable bonds is 0. The Bertz CT molecular complexity index is 263. The maximum Gasteiger partial charge on any atom is 0.154 e. The van der Waals surface area contributed by atoms with Crippen LogP contribution in [0.4, 0.5) is 0 Å². The summed E-state index contributed by atoms with van der Waals surface area (Å²) in [5.74, 6) is 1.04. The van der Waals surface area contributed by atoms with Gasteiger partial charge in [0.15, 0.2) is 5.84 Å². The molecule has 2 heterocycles. The van der Waals surface area contributed by atoms with Crippen LogP contribution in [0.2, 0.25) is 0 Å². The van der Waals surface area contributed by atoms with Crippen molar-refractivity contribution in [3.8, 4) is 0 Å². The first kappa shape index (κ1) is 6.46. The number of fused-ring (bicyclic) bond motifs is 1. The number of allylic oxidation sites excluding steroid dienone is 2. The molecule has 0 atom stereocenters.